The molecule has 0 bridgehead atoms. The number of thioether (sulfide) groups is 1. The molecule has 0 aliphatic rings. The largest absolute Gasteiger partial charge is 0.444 e. The van der Waals surface area contributed by atoms with Crippen LogP contribution < -0.4 is 0 Å². The van der Waals surface area contributed by atoms with E-state index in [4.69, 9.17) is 4.42 Å². The fourth-order valence-electron chi connectivity index (χ4n) is 2.40. The van der Waals surface area contributed by atoms with Gasteiger partial charge in [0.25, 0.3) is 0 Å². The number of benzene rings is 1. The first-order valence-corrected chi connectivity index (χ1v) is 8.64. The van der Waals surface area contributed by atoms with Gasteiger partial charge in [-0.05, 0) is 30.3 Å². The third-order valence-electron chi connectivity index (χ3n) is 3.67. The van der Waals surface area contributed by atoms with Gasteiger partial charge in [0.15, 0.2) is 10.8 Å². The lowest BCUT2D eigenvalue weighted by molar-refractivity contribution is -0.137. The summed E-state index contributed by atoms with van der Waals surface area (Å²) >= 11 is 1.17. The standard InChI is InChI=1S/C17H10F4N4OS/c18-12-3-1-2-10(6-12)15-22-13(8-26-15)9-27-16-24-23-14-5-4-11(7-25(14)16)17(19,20)21/h1-8H,9H2. The lowest BCUT2D eigenvalue weighted by Gasteiger charge is -2.07. The zero-order valence-corrected chi connectivity index (χ0v) is 14.3. The second-order valence-corrected chi connectivity index (χ2v) is 6.51. The molecule has 0 N–H and O–H groups in total. The molecule has 4 aromatic rings. The van der Waals surface area contributed by atoms with Crippen molar-refractivity contribution in [3.8, 4) is 11.5 Å². The highest BCUT2D eigenvalue weighted by Crippen LogP contribution is 2.31. The maximum Gasteiger partial charge on any atom is 0.417 e. The van der Waals surface area contributed by atoms with Crippen LogP contribution in [0, 0.1) is 5.82 Å². The highest BCUT2D eigenvalue weighted by Gasteiger charge is 2.31. The van der Waals surface area contributed by atoms with Crippen molar-refractivity contribution >= 4 is 17.4 Å². The Balaban J connectivity index is 1.54. The van der Waals surface area contributed by atoms with Crippen molar-refractivity contribution in [3.05, 3.63) is 65.9 Å². The molecule has 0 fully saturated rings. The number of aromatic nitrogens is 4. The summed E-state index contributed by atoms with van der Waals surface area (Å²) in [4.78, 5) is 4.27. The van der Waals surface area contributed by atoms with Gasteiger partial charge in [-0.15, -0.1) is 10.2 Å². The monoisotopic (exact) mass is 394 g/mol. The highest BCUT2D eigenvalue weighted by molar-refractivity contribution is 7.98. The summed E-state index contributed by atoms with van der Waals surface area (Å²) in [6.45, 7) is 0. The van der Waals surface area contributed by atoms with Crippen LogP contribution in [0.1, 0.15) is 11.3 Å². The molecule has 0 aliphatic carbocycles. The van der Waals surface area contributed by atoms with E-state index in [-0.39, 0.29) is 5.89 Å². The summed E-state index contributed by atoms with van der Waals surface area (Å²) in [5, 5.41) is 8.06. The molecule has 5 nitrogen and oxygen atoms in total. The molecule has 4 rings (SSSR count). The number of halogens is 4. The van der Waals surface area contributed by atoms with Gasteiger partial charge in [0, 0.05) is 17.5 Å². The van der Waals surface area contributed by atoms with E-state index in [9.17, 15) is 17.6 Å². The van der Waals surface area contributed by atoms with Gasteiger partial charge in [-0.3, -0.25) is 4.40 Å². The maximum atomic E-state index is 13.3. The topological polar surface area (TPSA) is 56.2 Å². The molecule has 138 valence electrons. The lowest BCUT2D eigenvalue weighted by Crippen LogP contribution is -2.06. The molecule has 3 aromatic heterocycles. The van der Waals surface area contributed by atoms with Crippen LogP contribution >= 0.6 is 11.8 Å². The maximum absolute atomic E-state index is 13.3. The first-order valence-electron chi connectivity index (χ1n) is 7.65. The van der Waals surface area contributed by atoms with Gasteiger partial charge in [0.05, 0.1) is 11.3 Å². The van der Waals surface area contributed by atoms with Gasteiger partial charge in [-0.1, -0.05) is 17.8 Å². The van der Waals surface area contributed by atoms with Crippen molar-refractivity contribution in [2.24, 2.45) is 0 Å². The molecule has 0 unspecified atom stereocenters. The van der Waals surface area contributed by atoms with E-state index in [1.807, 2.05) is 0 Å². The Bertz CT molecular complexity index is 1110. The van der Waals surface area contributed by atoms with E-state index in [0.717, 1.165) is 12.3 Å². The molecule has 0 atom stereocenters. The van der Waals surface area contributed by atoms with Crippen LogP contribution in [0.25, 0.3) is 17.1 Å². The van der Waals surface area contributed by atoms with E-state index in [0.29, 0.717) is 27.8 Å². The number of oxazole rings is 1. The minimum Gasteiger partial charge on any atom is -0.444 e. The molecule has 0 aliphatic heterocycles. The summed E-state index contributed by atoms with van der Waals surface area (Å²) in [5.41, 5.74) is 0.564. The lowest BCUT2D eigenvalue weighted by atomic mass is 10.2. The van der Waals surface area contributed by atoms with Gasteiger partial charge in [-0.2, -0.15) is 13.2 Å². The van der Waals surface area contributed by atoms with Crippen molar-refractivity contribution < 1.29 is 22.0 Å². The zero-order valence-electron chi connectivity index (χ0n) is 13.4. The Morgan fingerprint density at radius 3 is 2.74 bits per heavy atom. The Labute approximate surface area is 154 Å². The molecule has 0 amide bonds. The van der Waals surface area contributed by atoms with Crippen molar-refractivity contribution in [1.82, 2.24) is 19.6 Å². The zero-order chi connectivity index (χ0) is 19.0. The van der Waals surface area contributed by atoms with Crippen LogP contribution in [0.2, 0.25) is 0 Å². The van der Waals surface area contributed by atoms with Gasteiger partial charge in [0.1, 0.15) is 12.1 Å². The molecule has 0 spiro atoms. The number of fused-ring (bicyclic) bond motifs is 1. The number of hydrogen-bond donors (Lipinski definition) is 0. The van der Waals surface area contributed by atoms with Crippen LogP contribution in [0.15, 0.2) is 58.4 Å². The van der Waals surface area contributed by atoms with Crippen molar-refractivity contribution in [2.75, 3.05) is 0 Å². The summed E-state index contributed by atoms with van der Waals surface area (Å²) in [6.07, 6.45) is -2.08. The molecule has 0 radical (unpaired) electrons. The van der Waals surface area contributed by atoms with E-state index in [2.05, 4.69) is 15.2 Å². The van der Waals surface area contributed by atoms with E-state index in [1.165, 1.54) is 40.6 Å². The first kappa shape index (κ1) is 17.5. The normalized spacial score (nSPS) is 12.0. The molecular formula is C17H10F4N4OS. The summed E-state index contributed by atoms with van der Waals surface area (Å²) in [6, 6.07) is 8.04. The summed E-state index contributed by atoms with van der Waals surface area (Å²) in [5.74, 6) is 0.156. The Hall–Kier alpha value is -2.88. The Morgan fingerprint density at radius 1 is 1.11 bits per heavy atom. The minimum atomic E-state index is -4.45. The van der Waals surface area contributed by atoms with Crippen LogP contribution in [0.5, 0.6) is 0 Å². The van der Waals surface area contributed by atoms with Crippen LogP contribution in [0.3, 0.4) is 0 Å². The number of alkyl halides is 3. The van der Waals surface area contributed by atoms with Gasteiger partial charge >= 0.3 is 6.18 Å². The van der Waals surface area contributed by atoms with Crippen molar-refractivity contribution in [3.63, 3.8) is 0 Å². The van der Waals surface area contributed by atoms with Gasteiger partial charge in [0.2, 0.25) is 5.89 Å². The average molecular weight is 394 g/mol. The third-order valence-corrected chi connectivity index (χ3v) is 4.65. The highest BCUT2D eigenvalue weighted by atomic mass is 32.2. The van der Waals surface area contributed by atoms with Crippen molar-refractivity contribution in [2.45, 2.75) is 17.1 Å². The second-order valence-electron chi connectivity index (χ2n) is 5.57. The predicted octanol–water partition coefficient (Wildman–Crippen LogP) is 4.83. The Morgan fingerprint density at radius 2 is 1.96 bits per heavy atom. The molecule has 3 heterocycles. The van der Waals surface area contributed by atoms with Gasteiger partial charge in [-0.25, -0.2) is 9.37 Å². The average Bonchev–Trinajstić information content (AvgIpc) is 3.25. The minimum absolute atomic E-state index is 0.260. The van der Waals surface area contributed by atoms with E-state index >= 15 is 0 Å². The summed E-state index contributed by atoms with van der Waals surface area (Å²) in [7, 11) is 0. The van der Waals surface area contributed by atoms with Crippen LogP contribution in [0.4, 0.5) is 17.6 Å². The number of nitrogens with zero attached hydrogens (tertiary/aromatic N) is 4. The van der Waals surface area contributed by atoms with Crippen molar-refractivity contribution in [1.29, 1.82) is 0 Å². The van der Waals surface area contributed by atoms with Crippen LogP contribution in [-0.2, 0) is 11.9 Å². The quantitative estimate of drug-likeness (QED) is 0.366. The fraction of sp³-hybridized carbons (Fsp3) is 0.118. The SMILES string of the molecule is Fc1cccc(-c2nc(CSc3nnc4ccc(C(F)(F)F)cn34)co2)c1. The Kier molecular flexibility index (Phi) is 4.34. The summed E-state index contributed by atoms with van der Waals surface area (Å²) < 4.78 is 58.6. The van der Waals surface area contributed by atoms with E-state index in [1.54, 1.807) is 12.1 Å². The molecule has 0 saturated heterocycles. The predicted molar refractivity (Wildman–Crippen MR) is 89.4 cm³/mol. The second kappa shape index (κ2) is 6.69. The molecule has 27 heavy (non-hydrogen) atoms. The number of rotatable bonds is 4. The van der Waals surface area contributed by atoms with Crippen LogP contribution in [-0.4, -0.2) is 19.6 Å². The molecular weight excluding hydrogens is 384 g/mol. The molecule has 10 heteroatoms. The van der Waals surface area contributed by atoms with Gasteiger partial charge < -0.3 is 4.42 Å². The van der Waals surface area contributed by atoms with E-state index < -0.39 is 17.6 Å². The molecule has 1 aromatic carbocycles. The smallest absolute Gasteiger partial charge is 0.417 e. The fourth-order valence-corrected chi connectivity index (χ4v) is 3.20. The number of pyridine rings is 1. The molecule has 0 saturated carbocycles. The first-order chi connectivity index (χ1) is 12.9. The number of hydrogen-bond acceptors (Lipinski definition) is 5. The third kappa shape index (κ3) is 3.65.